The van der Waals surface area contributed by atoms with E-state index < -0.39 is 12.7 Å². The maximum absolute atomic E-state index is 12.1. The van der Waals surface area contributed by atoms with Gasteiger partial charge >= 0.3 is 6.18 Å². The van der Waals surface area contributed by atoms with E-state index in [1.165, 1.54) is 22.5 Å². The maximum Gasteiger partial charge on any atom is 0.405 e. The zero-order valence-electron chi connectivity index (χ0n) is 8.69. The normalized spacial score (nSPS) is 12.0. The van der Waals surface area contributed by atoms with Crippen molar-refractivity contribution in [2.45, 2.75) is 11.3 Å². The van der Waals surface area contributed by atoms with Gasteiger partial charge < -0.3 is 5.32 Å². The van der Waals surface area contributed by atoms with Crippen molar-refractivity contribution in [1.29, 1.82) is 0 Å². The van der Waals surface area contributed by atoms with Crippen LogP contribution in [0.2, 0.25) is 0 Å². The summed E-state index contributed by atoms with van der Waals surface area (Å²) in [6, 6.07) is 1.60. The Morgan fingerprint density at radius 1 is 1.41 bits per heavy atom. The van der Waals surface area contributed by atoms with Crippen molar-refractivity contribution < 1.29 is 13.2 Å². The molecule has 0 amide bonds. The van der Waals surface area contributed by atoms with Crippen molar-refractivity contribution in [2.24, 2.45) is 0 Å². The highest BCUT2D eigenvalue weighted by Gasteiger charge is 2.27. The fourth-order valence-corrected chi connectivity index (χ4v) is 1.55. The van der Waals surface area contributed by atoms with Crippen molar-refractivity contribution in [3.8, 4) is 0 Å². The fourth-order valence-electron chi connectivity index (χ4n) is 1.19. The molecule has 0 bridgehead atoms. The van der Waals surface area contributed by atoms with E-state index >= 15 is 0 Å². The predicted molar refractivity (Wildman–Crippen MR) is 57.1 cm³/mol. The second-order valence-corrected chi connectivity index (χ2v) is 3.88. The van der Waals surface area contributed by atoms with E-state index in [0.717, 1.165) is 0 Å². The van der Waals surface area contributed by atoms with E-state index in [1.807, 2.05) is 0 Å². The third-order valence-corrected chi connectivity index (χ3v) is 2.41. The standard InChI is InChI=1S/C8H8F3N5S/c1-17-7-14-5-2-3-13-16(5)6(15-7)12-4-8(9,10)11/h2-3H,4H2,1H3,(H,12,14,15). The predicted octanol–water partition coefficient (Wildman–Crippen LogP) is 1.82. The second-order valence-electron chi connectivity index (χ2n) is 3.10. The van der Waals surface area contributed by atoms with Crippen LogP contribution in [-0.4, -0.2) is 38.6 Å². The Hall–Kier alpha value is -1.51. The molecule has 2 aromatic rings. The molecule has 2 rings (SSSR count). The molecule has 0 radical (unpaired) electrons. The quantitative estimate of drug-likeness (QED) is 0.856. The molecule has 0 saturated carbocycles. The first-order chi connectivity index (χ1) is 7.99. The van der Waals surface area contributed by atoms with Gasteiger partial charge in [0.25, 0.3) is 0 Å². The summed E-state index contributed by atoms with van der Waals surface area (Å²) in [6.45, 7) is -1.16. The molecule has 92 valence electrons. The lowest BCUT2D eigenvalue weighted by Gasteiger charge is -2.10. The number of thioether (sulfide) groups is 1. The summed E-state index contributed by atoms with van der Waals surface area (Å²) in [4.78, 5) is 8.03. The van der Waals surface area contributed by atoms with Crippen LogP contribution in [0.15, 0.2) is 17.4 Å². The van der Waals surface area contributed by atoms with Crippen LogP contribution in [0.1, 0.15) is 0 Å². The zero-order valence-corrected chi connectivity index (χ0v) is 9.51. The first-order valence-corrected chi connectivity index (χ1v) is 5.78. The molecule has 0 unspecified atom stereocenters. The van der Waals surface area contributed by atoms with E-state index in [0.29, 0.717) is 10.8 Å². The maximum atomic E-state index is 12.1. The molecule has 5 nitrogen and oxygen atoms in total. The number of hydrogen-bond donors (Lipinski definition) is 1. The number of hydrogen-bond acceptors (Lipinski definition) is 5. The lowest BCUT2D eigenvalue weighted by Crippen LogP contribution is -2.23. The van der Waals surface area contributed by atoms with Gasteiger partial charge in [0.2, 0.25) is 5.95 Å². The number of rotatable bonds is 3. The van der Waals surface area contributed by atoms with Gasteiger partial charge in [-0.05, 0) is 6.26 Å². The lowest BCUT2D eigenvalue weighted by molar-refractivity contribution is -0.115. The third kappa shape index (κ3) is 2.78. The van der Waals surface area contributed by atoms with Crippen LogP contribution >= 0.6 is 11.8 Å². The number of anilines is 1. The molecule has 17 heavy (non-hydrogen) atoms. The average molecular weight is 263 g/mol. The Bertz CT molecular complexity index is 523. The van der Waals surface area contributed by atoms with Crippen LogP contribution in [0.25, 0.3) is 5.65 Å². The molecule has 0 fully saturated rings. The van der Waals surface area contributed by atoms with E-state index in [1.54, 1.807) is 12.3 Å². The summed E-state index contributed by atoms with van der Waals surface area (Å²) in [5.41, 5.74) is 0.453. The Labute approximate surface area is 98.4 Å². The Kier molecular flexibility index (Phi) is 3.09. The molecule has 1 N–H and O–H groups in total. The molecule has 2 heterocycles. The third-order valence-electron chi connectivity index (χ3n) is 1.86. The molecule has 0 atom stereocenters. The van der Waals surface area contributed by atoms with Crippen LogP contribution in [0, 0.1) is 0 Å². The van der Waals surface area contributed by atoms with Crippen molar-refractivity contribution in [3.63, 3.8) is 0 Å². The lowest BCUT2D eigenvalue weighted by atomic mass is 10.6. The molecule has 0 aliphatic rings. The Morgan fingerprint density at radius 3 is 2.82 bits per heavy atom. The number of fused-ring (bicyclic) bond motifs is 1. The second kappa shape index (κ2) is 4.40. The SMILES string of the molecule is CSc1nc(NCC(F)(F)F)n2nccc2n1. The van der Waals surface area contributed by atoms with E-state index in [9.17, 15) is 13.2 Å². The molecule has 9 heteroatoms. The smallest absolute Gasteiger partial charge is 0.345 e. The minimum atomic E-state index is -4.30. The van der Waals surface area contributed by atoms with Gasteiger partial charge in [0, 0.05) is 6.07 Å². The van der Waals surface area contributed by atoms with Crippen molar-refractivity contribution in [3.05, 3.63) is 12.3 Å². The Morgan fingerprint density at radius 2 is 2.18 bits per heavy atom. The highest BCUT2D eigenvalue weighted by atomic mass is 32.2. The molecule has 0 spiro atoms. The van der Waals surface area contributed by atoms with E-state index in [4.69, 9.17) is 0 Å². The van der Waals surface area contributed by atoms with Crippen molar-refractivity contribution in [2.75, 3.05) is 18.1 Å². The zero-order chi connectivity index (χ0) is 12.5. The molecular weight excluding hydrogens is 255 g/mol. The highest BCUT2D eigenvalue weighted by molar-refractivity contribution is 7.98. The largest absolute Gasteiger partial charge is 0.405 e. The molecular formula is C8H8F3N5S. The fraction of sp³-hybridized carbons (Fsp3) is 0.375. The average Bonchev–Trinajstić information content (AvgIpc) is 2.72. The van der Waals surface area contributed by atoms with Gasteiger partial charge in [-0.1, -0.05) is 11.8 Å². The van der Waals surface area contributed by atoms with Gasteiger partial charge in [0.1, 0.15) is 6.54 Å². The van der Waals surface area contributed by atoms with Crippen molar-refractivity contribution >= 4 is 23.4 Å². The monoisotopic (exact) mass is 263 g/mol. The van der Waals surface area contributed by atoms with Crippen molar-refractivity contribution in [1.82, 2.24) is 19.6 Å². The molecule has 0 aliphatic carbocycles. The number of alkyl halides is 3. The minimum absolute atomic E-state index is 0.0293. The molecule has 0 aromatic carbocycles. The van der Waals surface area contributed by atoms with Crippen LogP contribution in [0.5, 0.6) is 0 Å². The highest BCUT2D eigenvalue weighted by Crippen LogP contribution is 2.18. The summed E-state index contributed by atoms with van der Waals surface area (Å²) in [6.07, 6.45) is -1.10. The van der Waals surface area contributed by atoms with E-state index in [2.05, 4.69) is 20.4 Å². The van der Waals surface area contributed by atoms with Crippen LogP contribution < -0.4 is 5.32 Å². The van der Waals surface area contributed by atoms with Gasteiger partial charge in [0.15, 0.2) is 10.8 Å². The summed E-state index contributed by atoms with van der Waals surface area (Å²) < 4.78 is 37.6. The Balaban J connectivity index is 2.34. The number of halogens is 3. The minimum Gasteiger partial charge on any atom is -0.345 e. The summed E-state index contributed by atoms with van der Waals surface area (Å²) in [5.74, 6) is 0.0293. The summed E-state index contributed by atoms with van der Waals surface area (Å²) in [5, 5.41) is 6.44. The number of nitrogens with one attached hydrogen (secondary N) is 1. The summed E-state index contributed by atoms with van der Waals surface area (Å²) in [7, 11) is 0. The topological polar surface area (TPSA) is 55.1 Å². The molecule has 0 saturated heterocycles. The number of nitrogens with zero attached hydrogens (tertiary/aromatic N) is 4. The first-order valence-electron chi connectivity index (χ1n) is 4.56. The first kappa shape index (κ1) is 12.0. The van der Waals surface area contributed by atoms with Gasteiger partial charge in [0.05, 0.1) is 6.20 Å². The van der Waals surface area contributed by atoms with Crippen LogP contribution in [-0.2, 0) is 0 Å². The van der Waals surface area contributed by atoms with Gasteiger partial charge in [-0.3, -0.25) is 0 Å². The summed E-state index contributed by atoms with van der Waals surface area (Å²) >= 11 is 1.25. The van der Waals surface area contributed by atoms with E-state index in [-0.39, 0.29) is 5.95 Å². The number of aromatic nitrogens is 4. The molecule has 2 aromatic heterocycles. The van der Waals surface area contributed by atoms with Gasteiger partial charge in [-0.15, -0.1) is 0 Å². The van der Waals surface area contributed by atoms with Crippen LogP contribution in [0.4, 0.5) is 19.1 Å². The van der Waals surface area contributed by atoms with Gasteiger partial charge in [-0.2, -0.15) is 27.8 Å². The molecule has 0 aliphatic heterocycles. The van der Waals surface area contributed by atoms with Gasteiger partial charge in [-0.25, -0.2) is 4.98 Å². The van der Waals surface area contributed by atoms with Crippen LogP contribution in [0.3, 0.4) is 0 Å².